The zero-order chi connectivity index (χ0) is 16.7. The number of nitrogens with zero attached hydrogens (tertiary/aromatic N) is 1. The van der Waals surface area contributed by atoms with Crippen LogP contribution in [-0.2, 0) is 0 Å². The van der Waals surface area contributed by atoms with Crippen molar-refractivity contribution in [2.75, 3.05) is 0 Å². The number of carboxylic acid groups (broad SMARTS) is 1. The van der Waals surface area contributed by atoms with E-state index in [0.717, 1.165) is 22.2 Å². The van der Waals surface area contributed by atoms with Crippen LogP contribution in [-0.4, -0.2) is 16.1 Å². The standard InChI is InChI=1S/C19H16ClNO2/c1-10-7-8-15-16(19(22)23)12(3)17(21-18(15)11(10)2)13-5-4-6-14(20)9-13/h4-9H,1-3H3,(H,22,23). The van der Waals surface area contributed by atoms with Crippen LogP contribution >= 0.6 is 11.6 Å². The third-order valence-electron chi connectivity index (χ3n) is 4.24. The zero-order valence-electron chi connectivity index (χ0n) is 13.1. The molecule has 0 spiro atoms. The van der Waals surface area contributed by atoms with E-state index >= 15 is 0 Å². The van der Waals surface area contributed by atoms with E-state index in [2.05, 4.69) is 0 Å². The van der Waals surface area contributed by atoms with E-state index < -0.39 is 5.97 Å². The van der Waals surface area contributed by atoms with Gasteiger partial charge in [-0.2, -0.15) is 0 Å². The summed E-state index contributed by atoms with van der Waals surface area (Å²) in [5.74, 6) is -0.943. The summed E-state index contributed by atoms with van der Waals surface area (Å²) in [6.45, 7) is 5.75. The number of hydrogen-bond acceptors (Lipinski definition) is 2. The fourth-order valence-electron chi connectivity index (χ4n) is 2.86. The van der Waals surface area contributed by atoms with Crippen LogP contribution in [0.25, 0.3) is 22.2 Å². The fraction of sp³-hybridized carbons (Fsp3) is 0.158. The summed E-state index contributed by atoms with van der Waals surface area (Å²) in [5, 5.41) is 11.0. The monoisotopic (exact) mass is 325 g/mol. The van der Waals surface area contributed by atoms with Gasteiger partial charge in [-0.25, -0.2) is 9.78 Å². The topological polar surface area (TPSA) is 50.2 Å². The molecule has 0 atom stereocenters. The van der Waals surface area contributed by atoms with Crippen LogP contribution in [0.15, 0.2) is 36.4 Å². The Kier molecular flexibility index (Phi) is 3.82. The molecule has 0 saturated heterocycles. The summed E-state index contributed by atoms with van der Waals surface area (Å²) in [6.07, 6.45) is 0. The number of rotatable bonds is 2. The number of pyridine rings is 1. The summed E-state index contributed by atoms with van der Waals surface area (Å²) in [4.78, 5) is 16.6. The molecule has 0 radical (unpaired) electrons. The summed E-state index contributed by atoms with van der Waals surface area (Å²) in [5.41, 5.74) is 5.23. The second kappa shape index (κ2) is 5.67. The van der Waals surface area contributed by atoms with Crippen molar-refractivity contribution in [2.24, 2.45) is 0 Å². The van der Waals surface area contributed by atoms with E-state index in [1.165, 1.54) is 0 Å². The van der Waals surface area contributed by atoms with Crippen molar-refractivity contribution in [2.45, 2.75) is 20.8 Å². The molecule has 23 heavy (non-hydrogen) atoms. The molecule has 0 saturated carbocycles. The minimum atomic E-state index is -0.943. The summed E-state index contributed by atoms with van der Waals surface area (Å²) >= 11 is 6.08. The highest BCUT2D eigenvalue weighted by Gasteiger charge is 2.19. The third-order valence-corrected chi connectivity index (χ3v) is 4.47. The van der Waals surface area contributed by atoms with Crippen LogP contribution in [0.4, 0.5) is 0 Å². The van der Waals surface area contributed by atoms with E-state index in [1.54, 1.807) is 19.1 Å². The quantitative estimate of drug-likeness (QED) is 0.706. The van der Waals surface area contributed by atoms with Crippen molar-refractivity contribution in [1.29, 1.82) is 0 Å². The van der Waals surface area contributed by atoms with Gasteiger partial charge in [0.15, 0.2) is 0 Å². The SMILES string of the molecule is Cc1ccc2c(C(=O)O)c(C)c(-c3cccc(Cl)c3)nc2c1C. The number of hydrogen-bond donors (Lipinski definition) is 1. The van der Waals surface area contributed by atoms with Gasteiger partial charge in [-0.05, 0) is 49.6 Å². The summed E-state index contributed by atoms with van der Waals surface area (Å²) in [6, 6.07) is 11.1. The zero-order valence-corrected chi connectivity index (χ0v) is 13.9. The first-order valence-corrected chi connectivity index (χ1v) is 7.67. The number of carbonyl (C=O) groups is 1. The van der Waals surface area contributed by atoms with Gasteiger partial charge in [-0.15, -0.1) is 0 Å². The first-order valence-electron chi connectivity index (χ1n) is 7.30. The maximum atomic E-state index is 11.8. The lowest BCUT2D eigenvalue weighted by molar-refractivity contribution is 0.0698. The van der Waals surface area contributed by atoms with Gasteiger partial charge in [-0.1, -0.05) is 35.9 Å². The molecule has 0 fully saturated rings. The van der Waals surface area contributed by atoms with Crippen LogP contribution < -0.4 is 0 Å². The molecule has 0 amide bonds. The molecule has 1 N–H and O–H groups in total. The minimum Gasteiger partial charge on any atom is -0.478 e. The predicted molar refractivity (Wildman–Crippen MR) is 93.4 cm³/mol. The summed E-state index contributed by atoms with van der Waals surface area (Å²) in [7, 11) is 0. The Labute approximate surface area is 139 Å². The molecule has 0 aliphatic heterocycles. The van der Waals surface area contributed by atoms with Crippen molar-refractivity contribution in [3.8, 4) is 11.3 Å². The van der Waals surface area contributed by atoms with Crippen molar-refractivity contribution in [3.63, 3.8) is 0 Å². The molecule has 0 unspecified atom stereocenters. The molecular weight excluding hydrogens is 310 g/mol. The highest BCUT2D eigenvalue weighted by molar-refractivity contribution is 6.30. The highest BCUT2D eigenvalue weighted by atomic mass is 35.5. The van der Waals surface area contributed by atoms with Gasteiger partial charge in [0.05, 0.1) is 16.8 Å². The molecule has 4 heteroatoms. The molecule has 1 heterocycles. The molecule has 3 rings (SSSR count). The van der Waals surface area contributed by atoms with Crippen LogP contribution in [0.5, 0.6) is 0 Å². The second-order valence-corrected chi connectivity index (χ2v) is 6.12. The number of aryl methyl sites for hydroxylation is 2. The number of carboxylic acids is 1. The Morgan fingerprint density at radius 1 is 1.09 bits per heavy atom. The molecule has 3 nitrogen and oxygen atoms in total. The number of halogens is 1. The Morgan fingerprint density at radius 2 is 1.83 bits per heavy atom. The van der Waals surface area contributed by atoms with Crippen LogP contribution in [0.1, 0.15) is 27.0 Å². The van der Waals surface area contributed by atoms with Crippen molar-refractivity contribution in [3.05, 3.63) is 63.7 Å². The maximum Gasteiger partial charge on any atom is 0.336 e. The molecule has 3 aromatic rings. The number of aromatic carboxylic acids is 1. The molecule has 0 bridgehead atoms. The average Bonchev–Trinajstić information content (AvgIpc) is 2.50. The minimum absolute atomic E-state index is 0.299. The van der Waals surface area contributed by atoms with Gasteiger partial charge in [0.1, 0.15) is 0 Å². The van der Waals surface area contributed by atoms with E-state index in [9.17, 15) is 9.90 Å². The fourth-order valence-corrected chi connectivity index (χ4v) is 3.05. The van der Waals surface area contributed by atoms with Gasteiger partial charge in [-0.3, -0.25) is 0 Å². The van der Waals surface area contributed by atoms with Crippen molar-refractivity contribution in [1.82, 2.24) is 4.98 Å². The Hall–Kier alpha value is -2.39. The first kappa shape index (κ1) is 15.5. The summed E-state index contributed by atoms with van der Waals surface area (Å²) < 4.78 is 0. The Balaban J connectivity index is 2.46. The van der Waals surface area contributed by atoms with Crippen LogP contribution in [0.3, 0.4) is 0 Å². The number of aromatic nitrogens is 1. The van der Waals surface area contributed by atoms with E-state index in [-0.39, 0.29) is 0 Å². The van der Waals surface area contributed by atoms with E-state index in [4.69, 9.17) is 16.6 Å². The first-order chi connectivity index (χ1) is 10.9. The molecule has 0 aliphatic rings. The lowest BCUT2D eigenvalue weighted by Gasteiger charge is -2.14. The smallest absolute Gasteiger partial charge is 0.336 e. The lowest BCUT2D eigenvalue weighted by atomic mass is 9.95. The number of benzene rings is 2. The molecule has 2 aromatic carbocycles. The second-order valence-electron chi connectivity index (χ2n) is 5.68. The van der Waals surface area contributed by atoms with Crippen molar-refractivity contribution >= 4 is 28.5 Å². The number of fused-ring (bicyclic) bond motifs is 1. The van der Waals surface area contributed by atoms with Gasteiger partial charge < -0.3 is 5.11 Å². The van der Waals surface area contributed by atoms with E-state index in [0.29, 0.717) is 27.2 Å². The van der Waals surface area contributed by atoms with Crippen LogP contribution in [0.2, 0.25) is 5.02 Å². The van der Waals surface area contributed by atoms with Crippen molar-refractivity contribution < 1.29 is 9.90 Å². The van der Waals surface area contributed by atoms with E-state index in [1.807, 2.05) is 38.1 Å². The predicted octanol–water partition coefficient (Wildman–Crippen LogP) is 5.18. The lowest BCUT2D eigenvalue weighted by Crippen LogP contribution is -2.06. The normalized spacial score (nSPS) is 11.0. The van der Waals surface area contributed by atoms with Gasteiger partial charge in [0.2, 0.25) is 0 Å². The third kappa shape index (κ3) is 2.57. The molecular formula is C19H16ClNO2. The Morgan fingerprint density at radius 3 is 2.48 bits per heavy atom. The highest BCUT2D eigenvalue weighted by Crippen LogP contribution is 2.32. The Bertz CT molecular complexity index is 948. The average molecular weight is 326 g/mol. The maximum absolute atomic E-state index is 11.8. The van der Waals surface area contributed by atoms with Gasteiger partial charge >= 0.3 is 5.97 Å². The molecule has 116 valence electrons. The molecule has 0 aliphatic carbocycles. The van der Waals surface area contributed by atoms with Gasteiger partial charge in [0.25, 0.3) is 0 Å². The largest absolute Gasteiger partial charge is 0.478 e. The molecule has 1 aromatic heterocycles. The van der Waals surface area contributed by atoms with Gasteiger partial charge in [0, 0.05) is 16.0 Å². The van der Waals surface area contributed by atoms with Crippen LogP contribution in [0, 0.1) is 20.8 Å².